The molecule has 6 nitrogen and oxygen atoms in total. The van der Waals surface area contributed by atoms with Gasteiger partial charge in [0.05, 0.1) is 23.7 Å². The summed E-state index contributed by atoms with van der Waals surface area (Å²) in [6, 6.07) is 21.8. The van der Waals surface area contributed by atoms with Gasteiger partial charge >= 0.3 is 0 Å². The normalized spacial score (nSPS) is 12.9. The Labute approximate surface area is 224 Å². The molecule has 0 bridgehead atoms. The van der Waals surface area contributed by atoms with Gasteiger partial charge in [-0.25, -0.2) is 9.97 Å². The number of pyridine rings is 1. The van der Waals surface area contributed by atoms with Crippen molar-refractivity contribution in [1.29, 1.82) is 0 Å². The fourth-order valence-electron chi connectivity index (χ4n) is 4.65. The molecule has 0 radical (unpaired) electrons. The van der Waals surface area contributed by atoms with Crippen LogP contribution in [0.1, 0.15) is 27.3 Å². The van der Waals surface area contributed by atoms with E-state index >= 15 is 0 Å². The van der Waals surface area contributed by atoms with Crippen molar-refractivity contribution in [3.05, 3.63) is 118 Å². The summed E-state index contributed by atoms with van der Waals surface area (Å²) in [7, 11) is 5.22. The molecule has 37 heavy (non-hydrogen) atoms. The molecular formula is C29H24Cl2N4O2. The Bertz CT molecular complexity index is 1630. The molecule has 0 saturated carbocycles. The summed E-state index contributed by atoms with van der Waals surface area (Å²) in [5.74, 6) is -0.192. The molecule has 1 unspecified atom stereocenters. The van der Waals surface area contributed by atoms with E-state index in [4.69, 9.17) is 23.2 Å². The lowest BCUT2D eigenvalue weighted by Gasteiger charge is -2.32. The van der Waals surface area contributed by atoms with Gasteiger partial charge in [-0.2, -0.15) is 0 Å². The van der Waals surface area contributed by atoms with E-state index in [9.17, 15) is 9.90 Å². The monoisotopic (exact) mass is 530 g/mol. The number of hydrogen-bond acceptors (Lipinski definition) is 4. The zero-order valence-corrected chi connectivity index (χ0v) is 22.0. The summed E-state index contributed by atoms with van der Waals surface area (Å²) in [5, 5.41) is 14.5. The van der Waals surface area contributed by atoms with Gasteiger partial charge in [-0.1, -0.05) is 53.5 Å². The lowest BCUT2D eigenvalue weighted by Crippen LogP contribution is -2.32. The van der Waals surface area contributed by atoms with Crippen molar-refractivity contribution in [2.75, 3.05) is 14.1 Å². The van der Waals surface area contributed by atoms with Gasteiger partial charge in [0.2, 0.25) is 0 Å². The predicted octanol–water partition coefficient (Wildman–Crippen LogP) is 5.93. The van der Waals surface area contributed by atoms with Crippen LogP contribution in [0.5, 0.6) is 0 Å². The molecule has 186 valence electrons. The zero-order valence-electron chi connectivity index (χ0n) is 20.5. The number of rotatable bonds is 5. The summed E-state index contributed by atoms with van der Waals surface area (Å²) in [6.07, 6.45) is 3.30. The summed E-state index contributed by atoms with van der Waals surface area (Å²) < 4.78 is 1.79. The van der Waals surface area contributed by atoms with Crippen molar-refractivity contribution >= 4 is 40.0 Å². The average molecular weight is 531 g/mol. The van der Waals surface area contributed by atoms with E-state index in [0.29, 0.717) is 38.1 Å². The van der Waals surface area contributed by atoms with Crippen LogP contribution in [0, 0.1) is 0 Å². The highest BCUT2D eigenvalue weighted by atomic mass is 35.5. The first-order valence-corrected chi connectivity index (χ1v) is 12.3. The van der Waals surface area contributed by atoms with E-state index in [-0.39, 0.29) is 5.91 Å². The second-order valence-electron chi connectivity index (χ2n) is 9.07. The molecule has 3 aromatic carbocycles. The first-order valence-electron chi connectivity index (χ1n) is 11.6. The SMILES string of the molecule is CN(C)C(=O)c1ccc2c(-c3cccc(Cl)c3)c(C(O)(c3ccc(Cl)cc3)c3cncn3C)ccc2n1. The Balaban J connectivity index is 1.88. The predicted molar refractivity (Wildman–Crippen MR) is 147 cm³/mol. The molecule has 0 spiro atoms. The minimum absolute atomic E-state index is 0.192. The number of fused-ring (bicyclic) bond motifs is 1. The Hall–Kier alpha value is -3.71. The average Bonchev–Trinajstić information content (AvgIpc) is 3.33. The third-order valence-electron chi connectivity index (χ3n) is 6.45. The van der Waals surface area contributed by atoms with Crippen molar-refractivity contribution < 1.29 is 9.90 Å². The topological polar surface area (TPSA) is 71.2 Å². The fraction of sp³-hybridized carbons (Fsp3) is 0.138. The Kier molecular flexibility index (Phi) is 6.50. The standard InChI is InChI=1S/C29H24Cl2N4O2/c1-34(2)28(36)25-13-11-22-24(33-25)14-12-23(27(22)18-5-4-6-21(31)15-18)29(37,26-16-32-17-35(26)3)19-7-9-20(30)10-8-19/h4-17,37H,1-3H3. The maximum atomic E-state index is 12.7. The van der Waals surface area contributed by atoms with Crippen LogP contribution in [0.3, 0.4) is 0 Å². The summed E-state index contributed by atoms with van der Waals surface area (Å²) in [4.78, 5) is 23.0. The molecule has 2 heterocycles. The van der Waals surface area contributed by atoms with Crippen LogP contribution in [0.2, 0.25) is 10.0 Å². The molecule has 0 aliphatic heterocycles. The first-order chi connectivity index (χ1) is 17.7. The van der Waals surface area contributed by atoms with E-state index in [1.165, 1.54) is 4.90 Å². The minimum Gasteiger partial charge on any atom is -0.374 e. The number of benzene rings is 3. The highest BCUT2D eigenvalue weighted by molar-refractivity contribution is 6.31. The number of nitrogens with zero attached hydrogens (tertiary/aromatic N) is 4. The van der Waals surface area contributed by atoms with E-state index < -0.39 is 5.60 Å². The van der Waals surface area contributed by atoms with Gasteiger partial charge in [0.25, 0.3) is 5.91 Å². The van der Waals surface area contributed by atoms with Crippen molar-refractivity contribution in [3.63, 3.8) is 0 Å². The summed E-state index contributed by atoms with van der Waals surface area (Å²) in [5.41, 5.74) is 2.71. The molecule has 1 N–H and O–H groups in total. The molecule has 0 saturated heterocycles. The molecule has 8 heteroatoms. The maximum Gasteiger partial charge on any atom is 0.271 e. The molecule has 1 amide bonds. The number of imidazole rings is 1. The lowest BCUT2D eigenvalue weighted by molar-refractivity contribution is 0.0822. The second kappa shape index (κ2) is 9.63. The smallest absolute Gasteiger partial charge is 0.271 e. The number of aromatic nitrogens is 3. The van der Waals surface area contributed by atoms with E-state index in [1.807, 2.05) is 43.4 Å². The molecule has 2 aromatic heterocycles. The number of amides is 1. The molecule has 0 fully saturated rings. The Morgan fingerprint density at radius 2 is 1.73 bits per heavy atom. The quantitative estimate of drug-likeness (QED) is 0.305. The van der Waals surface area contributed by atoms with Gasteiger partial charge < -0.3 is 14.6 Å². The van der Waals surface area contributed by atoms with Gasteiger partial charge in [-0.05, 0) is 59.2 Å². The molecular weight excluding hydrogens is 507 g/mol. The van der Waals surface area contributed by atoms with Crippen molar-refractivity contribution in [2.45, 2.75) is 5.60 Å². The Morgan fingerprint density at radius 3 is 2.38 bits per heavy atom. The van der Waals surface area contributed by atoms with Gasteiger partial charge in [-0.15, -0.1) is 0 Å². The summed E-state index contributed by atoms with van der Waals surface area (Å²) in [6.45, 7) is 0. The van der Waals surface area contributed by atoms with Crippen LogP contribution < -0.4 is 0 Å². The highest BCUT2D eigenvalue weighted by Gasteiger charge is 2.39. The number of hydrogen-bond donors (Lipinski definition) is 1. The van der Waals surface area contributed by atoms with Crippen LogP contribution in [-0.2, 0) is 12.6 Å². The highest BCUT2D eigenvalue weighted by Crippen LogP contribution is 2.44. The van der Waals surface area contributed by atoms with E-state index in [2.05, 4.69) is 9.97 Å². The number of halogens is 2. The zero-order chi connectivity index (χ0) is 26.3. The van der Waals surface area contributed by atoms with Crippen LogP contribution >= 0.6 is 23.2 Å². The second-order valence-corrected chi connectivity index (χ2v) is 9.94. The molecule has 0 aliphatic carbocycles. The third kappa shape index (κ3) is 4.37. The van der Waals surface area contributed by atoms with Crippen molar-refractivity contribution in [3.8, 4) is 11.1 Å². The van der Waals surface area contributed by atoms with E-state index in [0.717, 1.165) is 16.5 Å². The van der Waals surface area contributed by atoms with Gasteiger partial charge in [0.15, 0.2) is 5.60 Å². The molecule has 5 aromatic rings. The maximum absolute atomic E-state index is 12.7. The van der Waals surface area contributed by atoms with Gasteiger partial charge in [-0.3, -0.25) is 4.79 Å². The van der Waals surface area contributed by atoms with Crippen LogP contribution in [0.25, 0.3) is 22.0 Å². The van der Waals surface area contributed by atoms with Gasteiger partial charge in [0, 0.05) is 42.1 Å². The van der Waals surface area contributed by atoms with Crippen LogP contribution in [-0.4, -0.2) is 44.5 Å². The summed E-state index contributed by atoms with van der Waals surface area (Å²) >= 11 is 12.6. The molecule has 0 aliphatic rings. The Morgan fingerprint density at radius 1 is 0.973 bits per heavy atom. The first kappa shape index (κ1) is 25.0. The van der Waals surface area contributed by atoms with Crippen LogP contribution in [0.4, 0.5) is 0 Å². The lowest BCUT2D eigenvalue weighted by atomic mass is 9.78. The number of aliphatic hydroxyl groups is 1. The van der Waals surface area contributed by atoms with Crippen LogP contribution in [0.15, 0.2) is 85.3 Å². The third-order valence-corrected chi connectivity index (χ3v) is 6.94. The largest absolute Gasteiger partial charge is 0.374 e. The fourth-order valence-corrected chi connectivity index (χ4v) is 4.96. The minimum atomic E-state index is -1.60. The number of carbonyl (C=O) groups excluding carboxylic acids is 1. The molecule has 5 rings (SSSR count). The van der Waals surface area contributed by atoms with E-state index in [1.54, 1.807) is 67.6 Å². The van der Waals surface area contributed by atoms with Crippen molar-refractivity contribution in [2.24, 2.45) is 7.05 Å². The van der Waals surface area contributed by atoms with Gasteiger partial charge in [0.1, 0.15) is 5.69 Å². The van der Waals surface area contributed by atoms with Crippen molar-refractivity contribution in [1.82, 2.24) is 19.4 Å². The molecule has 1 atom stereocenters. The number of carbonyl (C=O) groups is 1. The number of aryl methyl sites for hydroxylation is 1.